The van der Waals surface area contributed by atoms with Crippen LogP contribution in [0.3, 0.4) is 0 Å². The first kappa shape index (κ1) is 13.0. The van der Waals surface area contributed by atoms with Gasteiger partial charge in [0.15, 0.2) is 0 Å². The van der Waals surface area contributed by atoms with Gasteiger partial charge in [0, 0.05) is 29.2 Å². The van der Waals surface area contributed by atoms with Crippen molar-refractivity contribution in [2.45, 2.75) is 32.7 Å². The van der Waals surface area contributed by atoms with E-state index in [4.69, 9.17) is 0 Å². The van der Waals surface area contributed by atoms with E-state index < -0.39 is 0 Å². The Balaban J connectivity index is 2.15. The minimum Gasteiger partial charge on any atom is -0.508 e. The van der Waals surface area contributed by atoms with E-state index in [-0.39, 0.29) is 5.54 Å². The molecule has 0 radical (unpaired) electrons. The molecule has 98 valence electrons. The van der Waals surface area contributed by atoms with Crippen LogP contribution in [0.15, 0.2) is 24.4 Å². The lowest BCUT2D eigenvalue weighted by molar-refractivity contribution is 0.178. The van der Waals surface area contributed by atoms with Gasteiger partial charge in [-0.15, -0.1) is 0 Å². The minimum atomic E-state index is 0.189. The van der Waals surface area contributed by atoms with Crippen molar-refractivity contribution in [3.63, 3.8) is 0 Å². The second kappa shape index (κ2) is 4.65. The first-order valence-electron chi connectivity index (χ1n) is 6.38. The van der Waals surface area contributed by atoms with Gasteiger partial charge in [-0.1, -0.05) is 0 Å². The number of phenolic OH excluding ortho intramolecular Hbond substituents is 1. The largest absolute Gasteiger partial charge is 0.508 e. The van der Waals surface area contributed by atoms with Crippen LogP contribution in [0.1, 0.15) is 26.3 Å². The molecule has 18 heavy (non-hydrogen) atoms. The average Bonchev–Trinajstić information content (AvgIpc) is 2.67. The molecular weight excluding hydrogens is 224 g/mol. The molecule has 0 spiro atoms. The molecule has 0 aliphatic rings. The van der Waals surface area contributed by atoms with Crippen LogP contribution in [0.2, 0.25) is 0 Å². The van der Waals surface area contributed by atoms with Crippen molar-refractivity contribution in [3.8, 4) is 5.75 Å². The van der Waals surface area contributed by atoms with Gasteiger partial charge in [0.2, 0.25) is 0 Å². The summed E-state index contributed by atoms with van der Waals surface area (Å²) in [6, 6.07) is 5.46. The molecule has 1 aromatic carbocycles. The van der Waals surface area contributed by atoms with Crippen LogP contribution < -0.4 is 0 Å². The van der Waals surface area contributed by atoms with Crippen molar-refractivity contribution in [1.29, 1.82) is 0 Å². The molecule has 0 saturated heterocycles. The molecule has 0 aliphatic heterocycles. The van der Waals surface area contributed by atoms with Gasteiger partial charge >= 0.3 is 0 Å². The normalized spacial score (nSPS) is 12.5. The molecule has 2 rings (SSSR count). The Morgan fingerprint density at radius 2 is 2.00 bits per heavy atom. The summed E-state index contributed by atoms with van der Waals surface area (Å²) in [4.78, 5) is 5.59. The van der Waals surface area contributed by atoms with Crippen LogP contribution in [0.25, 0.3) is 10.9 Å². The lowest BCUT2D eigenvalue weighted by atomic mass is 10.1. The fraction of sp³-hybridized carbons (Fsp3) is 0.467. The third-order valence-electron chi connectivity index (χ3n) is 3.61. The van der Waals surface area contributed by atoms with Crippen LogP contribution in [-0.4, -0.2) is 34.1 Å². The lowest BCUT2D eigenvalue weighted by Crippen LogP contribution is -2.39. The highest BCUT2D eigenvalue weighted by atomic mass is 16.3. The monoisotopic (exact) mass is 246 g/mol. The highest BCUT2D eigenvalue weighted by molar-refractivity contribution is 5.84. The number of nitrogens with one attached hydrogen (secondary N) is 1. The molecule has 3 nitrogen and oxygen atoms in total. The van der Waals surface area contributed by atoms with E-state index >= 15 is 0 Å². The Bertz CT molecular complexity index is 537. The van der Waals surface area contributed by atoms with Gasteiger partial charge in [-0.2, -0.15) is 0 Å². The summed E-state index contributed by atoms with van der Waals surface area (Å²) in [5.74, 6) is 0.326. The van der Waals surface area contributed by atoms with Gasteiger partial charge in [0.25, 0.3) is 0 Å². The van der Waals surface area contributed by atoms with E-state index in [9.17, 15) is 5.11 Å². The fourth-order valence-corrected chi connectivity index (χ4v) is 2.00. The number of phenols is 1. The summed E-state index contributed by atoms with van der Waals surface area (Å²) in [6.07, 6.45) is 3.03. The van der Waals surface area contributed by atoms with E-state index in [1.54, 1.807) is 6.07 Å². The summed E-state index contributed by atoms with van der Waals surface area (Å²) in [5.41, 5.74) is 2.53. The maximum absolute atomic E-state index is 9.56. The molecule has 1 aromatic heterocycles. The number of likely N-dealkylation sites (N-methyl/N-ethyl adjacent to an activating group) is 1. The number of fused-ring (bicyclic) bond motifs is 1. The summed E-state index contributed by atoms with van der Waals surface area (Å²) in [5, 5.41) is 10.7. The van der Waals surface area contributed by atoms with Crippen LogP contribution in [0, 0.1) is 0 Å². The van der Waals surface area contributed by atoms with E-state index in [1.807, 2.05) is 18.3 Å². The number of rotatable bonds is 3. The molecule has 0 saturated carbocycles. The standard InChI is InChI=1S/C15H22N2O/c1-15(2,3)17(4)8-7-11-10-16-14-6-5-12(18)9-13(11)14/h5-6,9-10,16,18H,7-8H2,1-4H3. The quantitative estimate of drug-likeness (QED) is 0.873. The van der Waals surface area contributed by atoms with Crippen LogP contribution >= 0.6 is 0 Å². The third kappa shape index (κ3) is 2.67. The van der Waals surface area contributed by atoms with Gasteiger partial charge in [-0.05, 0) is 58.0 Å². The fourth-order valence-electron chi connectivity index (χ4n) is 2.00. The number of nitrogens with zero attached hydrogens (tertiary/aromatic N) is 1. The number of hydrogen-bond acceptors (Lipinski definition) is 2. The van der Waals surface area contributed by atoms with Crippen molar-refractivity contribution < 1.29 is 5.11 Å². The highest BCUT2D eigenvalue weighted by Crippen LogP contribution is 2.23. The Labute approximate surface area is 108 Å². The zero-order chi connectivity index (χ0) is 13.3. The zero-order valence-corrected chi connectivity index (χ0v) is 11.6. The Morgan fingerprint density at radius 1 is 1.28 bits per heavy atom. The van der Waals surface area contributed by atoms with Gasteiger partial charge in [-0.25, -0.2) is 0 Å². The molecule has 0 unspecified atom stereocenters. The molecule has 0 aliphatic carbocycles. The van der Waals surface area contributed by atoms with E-state index in [2.05, 4.69) is 37.7 Å². The Hall–Kier alpha value is -1.48. The molecule has 0 bridgehead atoms. The number of H-pyrrole nitrogens is 1. The molecular formula is C15H22N2O. The molecule has 0 amide bonds. The molecule has 2 aromatic rings. The summed E-state index contributed by atoms with van der Waals surface area (Å²) in [6.45, 7) is 7.66. The first-order chi connectivity index (χ1) is 8.38. The molecule has 0 fully saturated rings. The molecule has 2 N–H and O–H groups in total. The average molecular weight is 246 g/mol. The van der Waals surface area contributed by atoms with Crippen LogP contribution in [0.4, 0.5) is 0 Å². The maximum atomic E-state index is 9.56. The van der Waals surface area contributed by atoms with Crippen molar-refractivity contribution >= 4 is 10.9 Å². The van der Waals surface area contributed by atoms with Crippen molar-refractivity contribution in [1.82, 2.24) is 9.88 Å². The minimum absolute atomic E-state index is 0.189. The van der Waals surface area contributed by atoms with Gasteiger partial charge in [0.05, 0.1) is 0 Å². The molecule has 1 heterocycles. The zero-order valence-electron chi connectivity index (χ0n) is 11.6. The van der Waals surface area contributed by atoms with E-state index in [0.29, 0.717) is 5.75 Å². The third-order valence-corrected chi connectivity index (χ3v) is 3.61. The number of aromatic amines is 1. The predicted molar refractivity (Wildman–Crippen MR) is 76.1 cm³/mol. The number of aromatic hydroxyl groups is 1. The van der Waals surface area contributed by atoms with Crippen molar-refractivity contribution in [2.24, 2.45) is 0 Å². The molecule has 3 heteroatoms. The summed E-state index contributed by atoms with van der Waals surface area (Å²) in [7, 11) is 2.15. The smallest absolute Gasteiger partial charge is 0.116 e. The Kier molecular flexibility index (Phi) is 3.35. The van der Waals surface area contributed by atoms with Gasteiger partial charge in [0.1, 0.15) is 5.75 Å². The van der Waals surface area contributed by atoms with Gasteiger partial charge in [-0.3, -0.25) is 0 Å². The summed E-state index contributed by atoms with van der Waals surface area (Å²) < 4.78 is 0. The van der Waals surface area contributed by atoms with E-state index in [1.165, 1.54) is 5.56 Å². The topological polar surface area (TPSA) is 39.3 Å². The lowest BCUT2D eigenvalue weighted by Gasteiger charge is -2.31. The van der Waals surface area contributed by atoms with Crippen molar-refractivity contribution in [3.05, 3.63) is 30.0 Å². The van der Waals surface area contributed by atoms with Crippen LogP contribution in [0.5, 0.6) is 5.75 Å². The number of benzene rings is 1. The highest BCUT2D eigenvalue weighted by Gasteiger charge is 2.16. The maximum Gasteiger partial charge on any atom is 0.116 e. The number of aromatic nitrogens is 1. The molecule has 0 atom stereocenters. The number of hydrogen-bond donors (Lipinski definition) is 2. The van der Waals surface area contributed by atoms with E-state index in [0.717, 1.165) is 23.9 Å². The second-order valence-corrected chi connectivity index (χ2v) is 5.89. The Morgan fingerprint density at radius 3 is 2.67 bits per heavy atom. The summed E-state index contributed by atoms with van der Waals surface area (Å²) >= 11 is 0. The predicted octanol–water partition coefficient (Wildman–Crippen LogP) is 3.15. The first-order valence-corrected chi connectivity index (χ1v) is 6.38. The second-order valence-electron chi connectivity index (χ2n) is 5.89. The SMILES string of the molecule is CN(CCc1c[nH]c2ccc(O)cc12)C(C)(C)C. The van der Waals surface area contributed by atoms with Crippen LogP contribution in [-0.2, 0) is 6.42 Å². The van der Waals surface area contributed by atoms with Gasteiger partial charge < -0.3 is 15.0 Å². The van der Waals surface area contributed by atoms with Crippen molar-refractivity contribution in [2.75, 3.05) is 13.6 Å².